The van der Waals surface area contributed by atoms with Crippen LogP contribution in [0.1, 0.15) is 26.6 Å². The predicted molar refractivity (Wildman–Crippen MR) is 78.8 cm³/mol. The van der Waals surface area contributed by atoms with Crippen LogP contribution in [-0.2, 0) is 22.6 Å². The molecule has 1 N–H and O–H groups in total. The molecule has 0 aliphatic carbocycles. The fourth-order valence-corrected chi connectivity index (χ4v) is 2.76. The normalized spacial score (nSPS) is 24.4. The molecule has 2 amide bonds. The summed E-state index contributed by atoms with van der Waals surface area (Å²) in [6, 6.07) is -0.204. The number of urea groups is 1. The molecule has 2 rings (SSSR count). The van der Waals surface area contributed by atoms with Crippen LogP contribution < -0.4 is 5.32 Å². The molecular weight excluding hydrogens is 286 g/mol. The fraction of sp³-hybridized carbons (Fsp3) is 0.714. The van der Waals surface area contributed by atoms with E-state index in [9.17, 15) is 9.59 Å². The summed E-state index contributed by atoms with van der Waals surface area (Å²) in [6.45, 7) is 7.65. The predicted octanol–water partition coefficient (Wildman–Crippen LogP) is 0.639. The number of methoxy groups -OCH3 is 1. The van der Waals surface area contributed by atoms with Gasteiger partial charge < -0.3 is 15.0 Å². The zero-order chi connectivity index (χ0) is 16.3. The van der Waals surface area contributed by atoms with E-state index in [-0.39, 0.29) is 17.9 Å². The summed E-state index contributed by atoms with van der Waals surface area (Å²) in [4.78, 5) is 30.0. The van der Waals surface area contributed by atoms with Crippen LogP contribution in [0.5, 0.6) is 0 Å². The minimum Gasteiger partial charge on any atom is -0.469 e. The lowest BCUT2D eigenvalue weighted by atomic mass is 9.81. The van der Waals surface area contributed by atoms with Gasteiger partial charge in [-0.2, -0.15) is 5.10 Å². The van der Waals surface area contributed by atoms with Gasteiger partial charge in [0.25, 0.3) is 0 Å². The summed E-state index contributed by atoms with van der Waals surface area (Å²) in [5, 5.41) is 6.89. The van der Waals surface area contributed by atoms with Gasteiger partial charge in [0.15, 0.2) is 0 Å². The van der Waals surface area contributed by atoms with Crippen molar-refractivity contribution >= 4 is 12.0 Å². The van der Waals surface area contributed by atoms with E-state index >= 15 is 0 Å². The maximum absolute atomic E-state index is 12.3. The Hall–Kier alpha value is -2.12. The Bertz CT molecular complexity index is 558. The van der Waals surface area contributed by atoms with Crippen molar-refractivity contribution in [1.29, 1.82) is 0 Å². The molecule has 0 unspecified atom stereocenters. The fourth-order valence-electron chi connectivity index (χ4n) is 2.76. The number of carbonyl (C=O) groups is 2. The SMILES string of the molecule is CCn1ncnc1CNC(=O)N1C[C@@H](C)[C@](C)(C(=O)OC)C1. The maximum Gasteiger partial charge on any atom is 0.317 e. The molecule has 8 heteroatoms. The Balaban J connectivity index is 1.96. The Morgan fingerprint density at radius 3 is 2.91 bits per heavy atom. The van der Waals surface area contributed by atoms with Gasteiger partial charge in [-0.15, -0.1) is 0 Å². The molecule has 1 aromatic rings. The van der Waals surface area contributed by atoms with Gasteiger partial charge in [-0.3, -0.25) is 4.79 Å². The Morgan fingerprint density at radius 2 is 2.27 bits per heavy atom. The van der Waals surface area contributed by atoms with Gasteiger partial charge in [0.05, 0.1) is 19.1 Å². The number of nitrogens with one attached hydrogen (secondary N) is 1. The van der Waals surface area contributed by atoms with E-state index in [2.05, 4.69) is 15.4 Å². The molecule has 22 heavy (non-hydrogen) atoms. The van der Waals surface area contributed by atoms with Crippen LogP contribution in [0.25, 0.3) is 0 Å². The minimum absolute atomic E-state index is 0.0463. The third-order valence-corrected chi connectivity index (χ3v) is 4.43. The van der Waals surface area contributed by atoms with E-state index < -0.39 is 5.41 Å². The number of aromatic nitrogens is 3. The van der Waals surface area contributed by atoms with Crippen LogP contribution >= 0.6 is 0 Å². The molecule has 2 atom stereocenters. The molecule has 122 valence electrons. The quantitative estimate of drug-likeness (QED) is 0.824. The Labute approximate surface area is 129 Å². The van der Waals surface area contributed by atoms with Gasteiger partial charge in [-0.25, -0.2) is 14.5 Å². The second-order valence-corrected chi connectivity index (χ2v) is 5.84. The van der Waals surface area contributed by atoms with Crippen LogP contribution in [0, 0.1) is 11.3 Å². The van der Waals surface area contributed by atoms with Crippen molar-refractivity contribution in [3.63, 3.8) is 0 Å². The van der Waals surface area contributed by atoms with Gasteiger partial charge in [0, 0.05) is 19.6 Å². The molecule has 0 radical (unpaired) electrons. The first-order valence-corrected chi connectivity index (χ1v) is 7.40. The van der Waals surface area contributed by atoms with Crippen molar-refractivity contribution in [2.75, 3.05) is 20.2 Å². The molecule has 1 aliphatic heterocycles. The number of carbonyl (C=O) groups excluding carboxylic acids is 2. The number of hydrogen-bond acceptors (Lipinski definition) is 5. The second-order valence-electron chi connectivity index (χ2n) is 5.84. The number of ether oxygens (including phenoxy) is 1. The summed E-state index contributed by atoms with van der Waals surface area (Å²) in [7, 11) is 1.38. The summed E-state index contributed by atoms with van der Waals surface area (Å²) in [5.41, 5.74) is -0.657. The summed E-state index contributed by atoms with van der Waals surface area (Å²) >= 11 is 0. The first-order chi connectivity index (χ1) is 10.4. The molecule has 0 saturated carbocycles. The maximum atomic E-state index is 12.3. The molecule has 0 spiro atoms. The number of likely N-dealkylation sites (tertiary alicyclic amines) is 1. The average molecular weight is 309 g/mol. The molecule has 0 aromatic carbocycles. The number of aryl methyl sites for hydroxylation is 1. The van der Waals surface area contributed by atoms with E-state index in [0.29, 0.717) is 32.0 Å². The number of amides is 2. The third kappa shape index (κ3) is 2.90. The molecular formula is C14H23N5O3. The molecule has 1 aromatic heterocycles. The standard InChI is InChI=1S/C14H23N5O3/c1-5-19-11(16-9-17-19)6-15-13(21)18-7-10(2)14(3,8-18)12(20)22-4/h9-10H,5-8H2,1-4H3,(H,15,21)/t10-,14-/m1/s1. The van der Waals surface area contributed by atoms with E-state index in [0.717, 1.165) is 0 Å². The largest absolute Gasteiger partial charge is 0.469 e. The monoisotopic (exact) mass is 309 g/mol. The van der Waals surface area contributed by atoms with E-state index in [4.69, 9.17) is 4.74 Å². The van der Waals surface area contributed by atoms with E-state index in [1.54, 1.807) is 9.58 Å². The highest BCUT2D eigenvalue weighted by molar-refractivity contribution is 5.81. The second kappa shape index (κ2) is 6.33. The minimum atomic E-state index is -0.657. The zero-order valence-corrected chi connectivity index (χ0v) is 13.5. The van der Waals surface area contributed by atoms with Gasteiger partial charge in [-0.1, -0.05) is 6.92 Å². The van der Waals surface area contributed by atoms with Crippen molar-refractivity contribution in [2.24, 2.45) is 11.3 Å². The lowest BCUT2D eigenvalue weighted by molar-refractivity contribution is -0.152. The first-order valence-electron chi connectivity index (χ1n) is 7.40. The first kappa shape index (κ1) is 16.3. The number of rotatable bonds is 4. The number of hydrogen-bond donors (Lipinski definition) is 1. The van der Waals surface area contributed by atoms with Crippen LogP contribution in [-0.4, -0.2) is 51.9 Å². The number of nitrogens with zero attached hydrogens (tertiary/aromatic N) is 4. The van der Waals surface area contributed by atoms with E-state index in [1.165, 1.54) is 13.4 Å². The highest BCUT2D eigenvalue weighted by Crippen LogP contribution is 2.36. The highest BCUT2D eigenvalue weighted by Gasteiger charge is 2.48. The van der Waals surface area contributed by atoms with Crippen LogP contribution in [0.4, 0.5) is 4.79 Å². The summed E-state index contributed by atoms with van der Waals surface area (Å²) in [6.07, 6.45) is 1.47. The van der Waals surface area contributed by atoms with Gasteiger partial charge in [0.2, 0.25) is 0 Å². The molecule has 1 saturated heterocycles. The Kier molecular flexibility index (Phi) is 4.68. The van der Waals surface area contributed by atoms with Crippen molar-refractivity contribution in [3.05, 3.63) is 12.2 Å². The molecule has 2 heterocycles. The number of esters is 1. The van der Waals surface area contributed by atoms with Gasteiger partial charge in [-0.05, 0) is 19.8 Å². The van der Waals surface area contributed by atoms with Crippen molar-refractivity contribution in [2.45, 2.75) is 33.9 Å². The van der Waals surface area contributed by atoms with Crippen LogP contribution in [0.3, 0.4) is 0 Å². The van der Waals surface area contributed by atoms with Crippen molar-refractivity contribution in [1.82, 2.24) is 25.0 Å². The van der Waals surface area contributed by atoms with Crippen molar-refractivity contribution < 1.29 is 14.3 Å². The highest BCUT2D eigenvalue weighted by atomic mass is 16.5. The summed E-state index contributed by atoms with van der Waals surface area (Å²) in [5.74, 6) is 0.477. The molecule has 8 nitrogen and oxygen atoms in total. The average Bonchev–Trinajstić information content (AvgIpc) is 3.09. The van der Waals surface area contributed by atoms with Gasteiger partial charge in [0.1, 0.15) is 12.2 Å². The van der Waals surface area contributed by atoms with Crippen LogP contribution in [0.2, 0.25) is 0 Å². The lowest BCUT2D eigenvalue weighted by Crippen LogP contribution is -2.41. The summed E-state index contributed by atoms with van der Waals surface area (Å²) < 4.78 is 6.59. The Morgan fingerprint density at radius 1 is 1.55 bits per heavy atom. The van der Waals surface area contributed by atoms with Crippen molar-refractivity contribution in [3.8, 4) is 0 Å². The van der Waals surface area contributed by atoms with Crippen LogP contribution in [0.15, 0.2) is 6.33 Å². The molecule has 1 aliphatic rings. The lowest BCUT2D eigenvalue weighted by Gasteiger charge is -2.24. The smallest absolute Gasteiger partial charge is 0.317 e. The topological polar surface area (TPSA) is 89.4 Å². The molecule has 0 bridgehead atoms. The third-order valence-electron chi connectivity index (χ3n) is 4.43. The van der Waals surface area contributed by atoms with E-state index in [1.807, 2.05) is 20.8 Å². The molecule has 1 fully saturated rings. The zero-order valence-electron chi connectivity index (χ0n) is 13.5. The van der Waals surface area contributed by atoms with Gasteiger partial charge >= 0.3 is 12.0 Å².